The van der Waals surface area contributed by atoms with Gasteiger partial charge in [0.2, 0.25) is 5.12 Å². The summed E-state index contributed by atoms with van der Waals surface area (Å²) in [5, 5.41) is 41.7. The van der Waals surface area contributed by atoms with Gasteiger partial charge >= 0.3 is 0 Å². The van der Waals surface area contributed by atoms with Gasteiger partial charge in [-0.15, -0.1) is 12.6 Å². The molecule has 0 saturated carbocycles. The minimum absolute atomic E-state index is 0.406. The minimum Gasteiger partial charge on any atom is -0.396 e. The van der Waals surface area contributed by atoms with Gasteiger partial charge in [0.05, 0.1) is 31.8 Å². The molecule has 0 aliphatic rings. The van der Waals surface area contributed by atoms with Gasteiger partial charge in [-0.05, 0) is 6.92 Å². The van der Waals surface area contributed by atoms with Gasteiger partial charge in [-0.25, -0.2) is 0 Å². The Morgan fingerprint density at radius 3 is 1.33 bits per heavy atom. The van der Waals surface area contributed by atoms with Crippen molar-refractivity contribution in [3.63, 3.8) is 0 Å². The molecule has 0 aliphatic carbocycles. The van der Waals surface area contributed by atoms with E-state index in [0.717, 1.165) is 0 Å². The van der Waals surface area contributed by atoms with Gasteiger partial charge in [0, 0.05) is 0 Å². The SMILES string of the molecule is CC(O)C(=O)S.OCC(CO)(CO)CO. The fraction of sp³-hybridized carbons (Fsp3) is 0.875. The fourth-order valence-corrected chi connectivity index (χ4v) is 0.300. The van der Waals surface area contributed by atoms with Crippen LogP contribution in [-0.4, -0.2) is 63.2 Å². The van der Waals surface area contributed by atoms with Crippen molar-refractivity contribution in [1.82, 2.24) is 0 Å². The first-order valence-corrected chi connectivity index (χ1v) is 4.68. The van der Waals surface area contributed by atoms with Crippen LogP contribution in [0.3, 0.4) is 0 Å². The molecule has 5 N–H and O–H groups in total. The zero-order valence-corrected chi connectivity index (χ0v) is 9.39. The molecule has 0 fully saturated rings. The number of aliphatic hydroxyl groups excluding tert-OH is 5. The van der Waals surface area contributed by atoms with Crippen molar-refractivity contribution in [1.29, 1.82) is 0 Å². The molecule has 1 atom stereocenters. The maximum absolute atomic E-state index is 9.76. The first-order valence-electron chi connectivity index (χ1n) is 4.23. The van der Waals surface area contributed by atoms with Crippen LogP contribution in [0.25, 0.3) is 0 Å². The predicted molar refractivity (Wildman–Crippen MR) is 56.5 cm³/mol. The quantitative estimate of drug-likeness (QED) is 0.304. The summed E-state index contributed by atoms with van der Waals surface area (Å²) in [5.41, 5.74) is -1.11. The van der Waals surface area contributed by atoms with Crippen molar-refractivity contribution in [3.05, 3.63) is 0 Å². The van der Waals surface area contributed by atoms with E-state index in [1.54, 1.807) is 0 Å². The molecule has 0 aliphatic heterocycles. The highest BCUT2D eigenvalue weighted by molar-refractivity contribution is 7.96. The van der Waals surface area contributed by atoms with Gasteiger partial charge in [-0.3, -0.25) is 4.79 Å². The Morgan fingerprint density at radius 2 is 1.33 bits per heavy atom. The Balaban J connectivity index is 0. The van der Waals surface area contributed by atoms with Crippen LogP contribution in [0, 0.1) is 5.41 Å². The normalized spacial score (nSPS) is 12.7. The van der Waals surface area contributed by atoms with E-state index < -0.39 is 43.1 Å². The molecular weight excluding hydrogens is 224 g/mol. The average Bonchev–Trinajstić information content (AvgIpc) is 2.23. The van der Waals surface area contributed by atoms with Gasteiger partial charge < -0.3 is 25.5 Å². The summed E-state index contributed by atoms with van der Waals surface area (Å²) in [6.07, 6.45) is -0.923. The van der Waals surface area contributed by atoms with Gasteiger partial charge in [-0.2, -0.15) is 0 Å². The third-order valence-corrected chi connectivity index (χ3v) is 2.07. The highest BCUT2D eigenvalue weighted by Gasteiger charge is 2.26. The molecule has 1 unspecified atom stereocenters. The zero-order chi connectivity index (χ0) is 12.5. The van der Waals surface area contributed by atoms with Crippen LogP contribution in [0.1, 0.15) is 6.92 Å². The summed E-state index contributed by atoms with van der Waals surface area (Å²) >= 11 is 3.30. The summed E-state index contributed by atoms with van der Waals surface area (Å²) in [6.45, 7) is -0.255. The number of hydrogen-bond donors (Lipinski definition) is 6. The molecule has 15 heavy (non-hydrogen) atoms. The Kier molecular flexibility index (Phi) is 10.4. The van der Waals surface area contributed by atoms with E-state index in [1.807, 2.05) is 0 Å². The number of carbonyl (C=O) groups excluding carboxylic acids is 1. The fourth-order valence-electron chi connectivity index (χ4n) is 0.300. The molecule has 6 nitrogen and oxygen atoms in total. The number of carbonyl (C=O) groups is 1. The van der Waals surface area contributed by atoms with Gasteiger partial charge in [0.15, 0.2) is 0 Å². The van der Waals surface area contributed by atoms with E-state index in [9.17, 15) is 4.79 Å². The maximum Gasteiger partial charge on any atom is 0.214 e. The lowest BCUT2D eigenvalue weighted by Gasteiger charge is -2.23. The second-order valence-electron chi connectivity index (χ2n) is 3.15. The molecule has 0 heterocycles. The first kappa shape index (κ1) is 17.2. The van der Waals surface area contributed by atoms with E-state index in [1.165, 1.54) is 6.92 Å². The van der Waals surface area contributed by atoms with Crippen molar-refractivity contribution in [3.8, 4) is 0 Å². The van der Waals surface area contributed by atoms with E-state index in [-0.39, 0.29) is 0 Å². The molecule has 92 valence electrons. The summed E-state index contributed by atoms with van der Waals surface area (Å²) in [5.74, 6) is 0. The highest BCUT2D eigenvalue weighted by Crippen LogP contribution is 2.11. The first-order chi connectivity index (χ1) is 6.89. The van der Waals surface area contributed by atoms with Gasteiger partial charge in [-0.1, -0.05) is 0 Å². The molecule has 0 aromatic heterocycles. The van der Waals surface area contributed by atoms with E-state index in [2.05, 4.69) is 12.6 Å². The third-order valence-electron chi connectivity index (χ3n) is 1.70. The molecular formula is C8H18O6S. The summed E-state index contributed by atoms with van der Waals surface area (Å²) in [7, 11) is 0. The molecule has 0 amide bonds. The lowest BCUT2D eigenvalue weighted by Crippen LogP contribution is -2.37. The molecule has 0 spiro atoms. The van der Waals surface area contributed by atoms with Crippen LogP contribution in [0.5, 0.6) is 0 Å². The largest absolute Gasteiger partial charge is 0.396 e. The lowest BCUT2D eigenvalue weighted by atomic mass is 9.93. The van der Waals surface area contributed by atoms with Crippen LogP contribution in [-0.2, 0) is 4.79 Å². The van der Waals surface area contributed by atoms with E-state index in [4.69, 9.17) is 25.5 Å². The van der Waals surface area contributed by atoms with Crippen LogP contribution in [0.4, 0.5) is 0 Å². The Bertz CT molecular complexity index is 151. The Hall–Kier alpha value is -0.180. The highest BCUT2D eigenvalue weighted by atomic mass is 32.1. The lowest BCUT2D eigenvalue weighted by molar-refractivity contribution is -0.117. The Labute approximate surface area is 93.6 Å². The predicted octanol–water partition coefficient (Wildman–Crippen LogP) is -2.23. The van der Waals surface area contributed by atoms with Crippen molar-refractivity contribution in [2.45, 2.75) is 13.0 Å². The molecule has 0 radical (unpaired) electrons. The van der Waals surface area contributed by atoms with Crippen molar-refractivity contribution >= 4 is 17.7 Å². The molecule has 0 rings (SSSR count). The molecule has 7 heteroatoms. The second kappa shape index (κ2) is 9.08. The van der Waals surface area contributed by atoms with Crippen molar-refractivity contribution < 1.29 is 30.3 Å². The molecule has 0 aromatic rings. The summed E-state index contributed by atoms with van der Waals surface area (Å²) in [4.78, 5) is 9.76. The summed E-state index contributed by atoms with van der Waals surface area (Å²) in [6, 6.07) is 0. The number of aliphatic hydroxyl groups is 5. The van der Waals surface area contributed by atoms with E-state index in [0.29, 0.717) is 0 Å². The van der Waals surface area contributed by atoms with E-state index >= 15 is 0 Å². The van der Waals surface area contributed by atoms with Crippen molar-refractivity contribution in [2.75, 3.05) is 26.4 Å². The monoisotopic (exact) mass is 242 g/mol. The molecule has 0 aromatic carbocycles. The number of rotatable bonds is 5. The molecule has 0 bridgehead atoms. The maximum atomic E-state index is 9.76. The average molecular weight is 242 g/mol. The van der Waals surface area contributed by atoms with Crippen LogP contribution in [0.2, 0.25) is 0 Å². The number of hydrogen-bond acceptors (Lipinski definition) is 6. The number of thiol groups is 1. The van der Waals surface area contributed by atoms with Gasteiger partial charge in [0.25, 0.3) is 0 Å². The smallest absolute Gasteiger partial charge is 0.214 e. The Morgan fingerprint density at radius 1 is 1.13 bits per heavy atom. The third kappa shape index (κ3) is 7.71. The van der Waals surface area contributed by atoms with Crippen molar-refractivity contribution in [2.24, 2.45) is 5.41 Å². The van der Waals surface area contributed by atoms with Crippen LogP contribution in [0.15, 0.2) is 0 Å². The zero-order valence-electron chi connectivity index (χ0n) is 8.50. The van der Waals surface area contributed by atoms with Gasteiger partial charge in [0.1, 0.15) is 6.10 Å². The standard InChI is InChI=1S/C5H12O4.C3H6O2S/c6-1-5(2-7,3-8)4-9;1-2(4)3(5)6/h6-9H,1-4H2;2,4H,1H3,(H,5,6). The van der Waals surface area contributed by atoms with Crippen LogP contribution >= 0.6 is 12.6 Å². The second-order valence-corrected chi connectivity index (χ2v) is 3.59. The summed E-state index contributed by atoms with van der Waals surface area (Å²) < 4.78 is 0. The molecule has 0 saturated heterocycles. The minimum atomic E-state index is -1.11. The topological polar surface area (TPSA) is 118 Å². The van der Waals surface area contributed by atoms with Crippen LogP contribution < -0.4 is 0 Å².